The molecule has 4 amide bonds. The number of nitrogens with one attached hydrogen (secondary N) is 3. The topological polar surface area (TPSA) is 134 Å². The molecule has 0 saturated carbocycles. The summed E-state index contributed by atoms with van der Waals surface area (Å²) in [5, 5.41) is 8.03. The molecule has 0 aliphatic carbocycles. The van der Waals surface area contributed by atoms with Gasteiger partial charge in [0.05, 0.1) is 13.7 Å². The van der Waals surface area contributed by atoms with Gasteiger partial charge in [0.2, 0.25) is 17.7 Å². The van der Waals surface area contributed by atoms with E-state index in [9.17, 15) is 24.0 Å². The van der Waals surface area contributed by atoms with Crippen LogP contribution in [0.15, 0.2) is 97.1 Å². The fraction of sp³-hybridized carbons (Fsp3) is 0.242. The molecule has 0 spiro atoms. The summed E-state index contributed by atoms with van der Waals surface area (Å²) in [5.41, 5.74) is 0.694. The maximum absolute atomic E-state index is 15.0. The molecular formula is C33H34N4O6. The van der Waals surface area contributed by atoms with Crippen molar-refractivity contribution in [3.63, 3.8) is 0 Å². The van der Waals surface area contributed by atoms with Crippen LogP contribution in [0.2, 0.25) is 0 Å². The highest BCUT2D eigenvalue weighted by Gasteiger charge is 2.54. The molecule has 0 fully saturated rings. The Morgan fingerprint density at radius 3 is 1.98 bits per heavy atom. The summed E-state index contributed by atoms with van der Waals surface area (Å²) in [5.74, 6) is -3.39. The number of esters is 1. The van der Waals surface area contributed by atoms with E-state index in [4.69, 9.17) is 0 Å². The van der Waals surface area contributed by atoms with Crippen LogP contribution in [0.5, 0.6) is 0 Å². The van der Waals surface area contributed by atoms with Gasteiger partial charge in [-0.2, -0.15) is 0 Å². The fourth-order valence-electron chi connectivity index (χ4n) is 5.07. The first kappa shape index (κ1) is 30.7. The van der Waals surface area contributed by atoms with Crippen LogP contribution in [0.1, 0.15) is 36.0 Å². The van der Waals surface area contributed by atoms with Gasteiger partial charge < -0.3 is 25.6 Å². The van der Waals surface area contributed by atoms with E-state index in [2.05, 4.69) is 20.7 Å². The summed E-state index contributed by atoms with van der Waals surface area (Å²) in [4.78, 5) is 66.5. The van der Waals surface area contributed by atoms with E-state index in [0.29, 0.717) is 16.8 Å². The van der Waals surface area contributed by atoms with Crippen molar-refractivity contribution in [2.45, 2.75) is 24.8 Å². The predicted molar refractivity (Wildman–Crippen MR) is 160 cm³/mol. The maximum atomic E-state index is 15.0. The minimum absolute atomic E-state index is 0.195. The zero-order valence-electron chi connectivity index (χ0n) is 24.0. The van der Waals surface area contributed by atoms with Gasteiger partial charge in [-0.25, -0.2) is 0 Å². The molecule has 1 heterocycles. The quantitative estimate of drug-likeness (QED) is 0.298. The first-order chi connectivity index (χ1) is 20.8. The Bertz CT molecular complexity index is 1490. The van der Waals surface area contributed by atoms with E-state index < -0.39 is 41.7 Å². The number of methoxy groups -OCH3 is 1. The second-order valence-corrected chi connectivity index (χ2v) is 9.90. The minimum Gasteiger partial charge on any atom is -0.468 e. The van der Waals surface area contributed by atoms with Gasteiger partial charge in [-0.3, -0.25) is 24.0 Å². The predicted octanol–water partition coefficient (Wildman–Crippen LogP) is 2.48. The van der Waals surface area contributed by atoms with Crippen LogP contribution in [0.4, 0.5) is 0 Å². The number of nitrogens with zero attached hydrogens (tertiary/aromatic N) is 1. The fourth-order valence-corrected chi connectivity index (χ4v) is 5.07. The summed E-state index contributed by atoms with van der Waals surface area (Å²) in [6, 6.07) is 27.3. The van der Waals surface area contributed by atoms with Crippen molar-refractivity contribution in [3.8, 4) is 0 Å². The van der Waals surface area contributed by atoms with Gasteiger partial charge in [-0.15, -0.1) is 0 Å². The molecule has 3 aromatic rings. The van der Waals surface area contributed by atoms with E-state index in [1.165, 1.54) is 12.0 Å². The first-order valence-corrected chi connectivity index (χ1v) is 13.9. The number of rotatable bonds is 11. The van der Waals surface area contributed by atoms with Crippen molar-refractivity contribution in [2.24, 2.45) is 0 Å². The van der Waals surface area contributed by atoms with Crippen LogP contribution in [0, 0.1) is 0 Å². The van der Waals surface area contributed by atoms with Crippen molar-refractivity contribution in [2.75, 3.05) is 26.7 Å². The SMILES string of the molecule is CCC(=O)NCC(=O)N[C@@]1(c2ccccc2)C(=O)N(CC(=O)NCC(=O)OC)C(c2ccccc2)=C[C@H]1c1ccccc1. The number of hydrogen-bond acceptors (Lipinski definition) is 6. The Morgan fingerprint density at radius 2 is 1.37 bits per heavy atom. The van der Waals surface area contributed by atoms with Crippen molar-refractivity contribution in [1.82, 2.24) is 20.9 Å². The standard InChI is InChI=1S/C33H34N4O6/c1-3-28(38)34-20-29(39)36-33(25-17-11-6-12-18-25)26(23-13-7-4-8-14-23)19-27(24-15-9-5-10-16-24)37(32(33)42)22-30(40)35-21-31(41)43-2/h4-19,26H,3,20-22H2,1-2H3,(H,34,38)(H,35,40)(H,36,39)/t26-,33+/m0/s1. The van der Waals surface area contributed by atoms with Crippen LogP contribution in [-0.2, 0) is 34.2 Å². The van der Waals surface area contributed by atoms with Gasteiger partial charge in [0, 0.05) is 18.0 Å². The number of amides is 4. The van der Waals surface area contributed by atoms with Crippen LogP contribution in [0.3, 0.4) is 0 Å². The van der Waals surface area contributed by atoms with E-state index in [-0.39, 0.29) is 25.4 Å². The van der Waals surface area contributed by atoms with Crippen LogP contribution >= 0.6 is 0 Å². The third-order valence-electron chi connectivity index (χ3n) is 7.18. The Balaban J connectivity index is 1.91. The normalized spacial score (nSPS) is 17.8. The smallest absolute Gasteiger partial charge is 0.325 e. The summed E-state index contributed by atoms with van der Waals surface area (Å²) >= 11 is 0. The molecule has 10 nitrogen and oxygen atoms in total. The Morgan fingerprint density at radius 1 is 0.791 bits per heavy atom. The first-order valence-electron chi connectivity index (χ1n) is 13.9. The van der Waals surface area contributed by atoms with E-state index >= 15 is 0 Å². The highest BCUT2D eigenvalue weighted by molar-refractivity contribution is 6.03. The number of carbonyl (C=O) groups is 5. The zero-order chi connectivity index (χ0) is 30.8. The average Bonchev–Trinajstić information content (AvgIpc) is 3.05. The third-order valence-corrected chi connectivity index (χ3v) is 7.18. The van der Waals surface area contributed by atoms with Gasteiger partial charge >= 0.3 is 5.97 Å². The summed E-state index contributed by atoms with van der Waals surface area (Å²) in [6.45, 7) is 0.528. The molecule has 0 radical (unpaired) electrons. The monoisotopic (exact) mass is 582 g/mol. The lowest BCUT2D eigenvalue weighted by molar-refractivity contribution is -0.144. The molecule has 10 heteroatoms. The molecule has 1 aliphatic rings. The molecular weight excluding hydrogens is 548 g/mol. The summed E-state index contributed by atoms with van der Waals surface area (Å²) in [6.07, 6.45) is 2.07. The maximum Gasteiger partial charge on any atom is 0.325 e. The number of carbonyl (C=O) groups excluding carboxylic acids is 5. The molecule has 2 atom stereocenters. The lowest BCUT2D eigenvalue weighted by Gasteiger charge is -2.47. The van der Waals surface area contributed by atoms with Crippen molar-refractivity contribution >= 4 is 35.3 Å². The largest absolute Gasteiger partial charge is 0.468 e. The lowest BCUT2D eigenvalue weighted by atomic mass is 9.70. The Labute approximate surface area is 250 Å². The molecule has 0 saturated heterocycles. The molecule has 222 valence electrons. The van der Waals surface area contributed by atoms with Gasteiger partial charge in [-0.05, 0) is 22.8 Å². The molecule has 43 heavy (non-hydrogen) atoms. The molecule has 3 aromatic carbocycles. The molecule has 0 bridgehead atoms. The third kappa shape index (κ3) is 6.98. The Kier molecular flexibility index (Phi) is 10.1. The van der Waals surface area contributed by atoms with Crippen LogP contribution in [0.25, 0.3) is 5.70 Å². The highest BCUT2D eigenvalue weighted by Crippen LogP contribution is 2.46. The second kappa shape index (κ2) is 14.1. The van der Waals surface area contributed by atoms with E-state index in [0.717, 1.165) is 5.56 Å². The van der Waals surface area contributed by atoms with Crippen molar-refractivity contribution in [1.29, 1.82) is 0 Å². The van der Waals surface area contributed by atoms with E-state index in [1.54, 1.807) is 37.3 Å². The Hall–Kier alpha value is -5.25. The molecule has 3 N–H and O–H groups in total. The van der Waals surface area contributed by atoms with Crippen molar-refractivity contribution in [3.05, 3.63) is 114 Å². The average molecular weight is 583 g/mol. The summed E-state index contributed by atoms with van der Waals surface area (Å²) in [7, 11) is 1.21. The molecule has 4 rings (SSSR count). The summed E-state index contributed by atoms with van der Waals surface area (Å²) < 4.78 is 4.62. The van der Waals surface area contributed by atoms with Gasteiger partial charge in [0.25, 0.3) is 5.91 Å². The number of hydrogen-bond donors (Lipinski definition) is 3. The van der Waals surface area contributed by atoms with Crippen molar-refractivity contribution < 1.29 is 28.7 Å². The zero-order valence-corrected chi connectivity index (χ0v) is 24.0. The van der Waals surface area contributed by atoms with Gasteiger partial charge in [0.15, 0.2) is 5.54 Å². The van der Waals surface area contributed by atoms with E-state index in [1.807, 2.05) is 66.7 Å². The van der Waals surface area contributed by atoms with Gasteiger partial charge in [0.1, 0.15) is 13.1 Å². The molecule has 1 aliphatic heterocycles. The second-order valence-electron chi connectivity index (χ2n) is 9.90. The lowest BCUT2D eigenvalue weighted by Crippen LogP contribution is -2.63. The van der Waals surface area contributed by atoms with Gasteiger partial charge in [-0.1, -0.05) is 97.9 Å². The highest BCUT2D eigenvalue weighted by atomic mass is 16.5. The minimum atomic E-state index is -1.70. The number of ether oxygens (including phenoxy) is 1. The van der Waals surface area contributed by atoms with Crippen LogP contribution < -0.4 is 16.0 Å². The number of benzene rings is 3. The van der Waals surface area contributed by atoms with Crippen LogP contribution in [-0.4, -0.2) is 61.2 Å². The molecule has 0 aromatic heterocycles. The molecule has 0 unspecified atom stereocenters.